The van der Waals surface area contributed by atoms with E-state index in [4.69, 9.17) is 0 Å². The molecule has 16 rings (SSSR count). The SMILES string of the molecule is Cc1ccc2c3ccc(C)cc3n(-c3cc(-c4cccc(C#N)c4)cc(C#N)c3-n3c4cc(C)ccc4c4ccc(C)cc43)c2c1.Cc1ccc2c3ccc(C)cc3n(-c3cc(-c4cccc(C#N)c4)cc(C(F)(F)F)c3-n3c4cc(C)ccc4c4ccc(C)cc43)c2c1. The first-order chi connectivity index (χ1) is 45.3. The van der Waals surface area contributed by atoms with Gasteiger partial charge in [0.25, 0.3) is 0 Å². The van der Waals surface area contributed by atoms with Crippen LogP contribution in [0.25, 0.3) is 132 Å². The van der Waals surface area contributed by atoms with Crippen molar-refractivity contribution in [3.05, 3.63) is 285 Å². The van der Waals surface area contributed by atoms with Gasteiger partial charge < -0.3 is 18.3 Å². The summed E-state index contributed by atoms with van der Waals surface area (Å²) < 4.78 is 55.7. The Morgan fingerprint density at radius 1 is 0.277 bits per heavy atom. The zero-order valence-corrected chi connectivity index (χ0v) is 53.0. The van der Waals surface area contributed by atoms with Gasteiger partial charge in [0.2, 0.25) is 0 Å². The van der Waals surface area contributed by atoms with Gasteiger partial charge in [0.1, 0.15) is 6.07 Å². The van der Waals surface area contributed by atoms with Gasteiger partial charge in [0.05, 0.1) is 101 Å². The maximum atomic E-state index is 15.7. The summed E-state index contributed by atoms with van der Waals surface area (Å²) in [5.74, 6) is 0. The van der Waals surface area contributed by atoms with Crippen molar-refractivity contribution in [1.82, 2.24) is 18.3 Å². The van der Waals surface area contributed by atoms with Crippen LogP contribution in [0, 0.1) is 89.4 Å². The van der Waals surface area contributed by atoms with Crippen LogP contribution in [0.2, 0.25) is 0 Å². The summed E-state index contributed by atoms with van der Waals surface area (Å²) in [5.41, 5.74) is 21.5. The minimum Gasteiger partial charge on any atom is -0.307 e. The van der Waals surface area contributed by atoms with E-state index in [2.05, 4.69) is 146 Å². The van der Waals surface area contributed by atoms with Crippen molar-refractivity contribution in [2.45, 2.75) is 61.6 Å². The zero-order valence-electron chi connectivity index (χ0n) is 53.0. The molecule has 0 spiro atoms. The number of halogens is 3. The Bertz CT molecular complexity index is 5820. The average molecular weight is 1220 g/mol. The van der Waals surface area contributed by atoms with Crippen molar-refractivity contribution in [3.8, 4) is 63.2 Å². The number of rotatable bonds is 6. The molecule has 94 heavy (non-hydrogen) atoms. The molecule has 4 aromatic heterocycles. The summed E-state index contributed by atoms with van der Waals surface area (Å²) in [5, 5.41) is 38.6. The number of nitriles is 3. The van der Waals surface area contributed by atoms with Gasteiger partial charge in [-0.3, -0.25) is 0 Å². The minimum atomic E-state index is -4.71. The summed E-state index contributed by atoms with van der Waals surface area (Å²) in [6.45, 7) is 16.4. The molecule has 12 aromatic carbocycles. The molecule has 0 N–H and O–H groups in total. The molecule has 0 unspecified atom stereocenters. The highest BCUT2D eigenvalue weighted by molar-refractivity contribution is 6.14. The van der Waals surface area contributed by atoms with E-state index in [1.165, 1.54) is 6.07 Å². The highest BCUT2D eigenvalue weighted by Gasteiger charge is 2.38. The molecular weight excluding hydrogens is 1160 g/mol. The molecule has 0 saturated heterocycles. The Kier molecular flexibility index (Phi) is 13.8. The number of hydrogen-bond donors (Lipinski definition) is 0. The Labute approximate surface area is 541 Å². The fourth-order valence-corrected chi connectivity index (χ4v) is 14.2. The lowest BCUT2D eigenvalue weighted by molar-refractivity contribution is -0.137. The average Bonchev–Trinajstić information content (AvgIpc) is 1.51. The van der Waals surface area contributed by atoms with Gasteiger partial charge in [-0.2, -0.15) is 29.0 Å². The fraction of sp³-hybridized carbons (Fsp3) is 0.107. The fourth-order valence-electron chi connectivity index (χ4n) is 14.2. The standard InChI is InChI=1S/C42H30F3N3.C42H30N4/c1-24-8-12-31-32-13-9-25(2)17-37(32)47(36(31)16-24)40-22-30(29-7-5-6-28(20-29)23-46)21-35(42(43,44)45)41(40)48-38-18-26(3)10-14-33(38)34-15-11-27(4)19-39(34)48;1-25-8-12-33-34-13-9-26(2)17-38(34)45(37(33)16-25)41-22-31(30-7-5-6-29(20-30)23-43)21-32(24-44)42(41)46-39-18-27(3)10-14-35(39)36-15-11-28(4)19-40(36)46/h5-22H,1-4H3;5-22H,1-4H3. The molecule has 0 bridgehead atoms. The third-order valence-electron chi connectivity index (χ3n) is 18.5. The van der Waals surface area contributed by atoms with Crippen molar-refractivity contribution in [3.63, 3.8) is 0 Å². The van der Waals surface area contributed by atoms with Crippen molar-refractivity contribution in [1.29, 1.82) is 15.8 Å². The monoisotopic (exact) mass is 1220 g/mol. The molecule has 16 aromatic rings. The molecule has 0 fully saturated rings. The number of hydrogen-bond acceptors (Lipinski definition) is 3. The number of aryl methyl sites for hydroxylation is 8. The van der Waals surface area contributed by atoms with Gasteiger partial charge >= 0.3 is 6.18 Å². The van der Waals surface area contributed by atoms with Crippen molar-refractivity contribution < 1.29 is 13.2 Å². The third-order valence-corrected chi connectivity index (χ3v) is 18.5. The molecule has 452 valence electrons. The molecule has 0 aliphatic carbocycles. The summed E-state index contributed by atoms with van der Waals surface area (Å²) in [6, 6.07) is 79.2. The molecular formula is C84H60F3N7. The molecule has 0 atom stereocenters. The lowest BCUT2D eigenvalue weighted by Crippen LogP contribution is -2.15. The molecule has 0 aliphatic heterocycles. The van der Waals surface area contributed by atoms with Gasteiger partial charge in [0.15, 0.2) is 0 Å². The van der Waals surface area contributed by atoms with Crippen LogP contribution >= 0.6 is 0 Å². The van der Waals surface area contributed by atoms with E-state index >= 15 is 13.2 Å². The number of benzene rings is 12. The van der Waals surface area contributed by atoms with Crippen LogP contribution in [0.5, 0.6) is 0 Å². The summed E-state index contributed by atoms with van der Waals surface area (Å²) >= 11 is 0. The largest absolute Gasteiger partial charge is 0.418 e. The quantitative estimate of drug-likeness (QED) is 0.166. The molecule has 0 amide bonds. The van der Waals surface area contributed by atoms with E-state index in [-0.39, 0.29) is 5.69 Å². The van der Waals surface area contributed by atoms with Crippen LogP contribution in [-0.2, 0) is 6.18 Å². The summed E-state index contributed by atoms with van der Waals surface area (Å²) in [6.07, 6.45) is -4.71. The van der Waals surface area contributed by atoms with Gasteiger partial charge in [-0.05, 0) is 219 Å². The maximum Gasteiger partial charge on any atom is 0.418 e. The van der Waals surface area contributed by atoms with Crippen LogP contribution in [-0.4, -0.2) is 18.3 Å². The number of alkyl halides is 3. The van der Waals surface area contributed by atoms with Crippen molar-refractivity contribution in [2.75, 3.05) is 0 Å². The predicted octanol–water partition coefficient (Wildman–Crippen LogP) is 22.2. The Hall–Kier alpha value is -11.9. The van der Waals surface area contributed by atoms with E-state index in [1.807, 2.05) is 134 Å². The maximum absolute atomic E-state index is 15.7. The van der Waals surface area contributed by atoms with Crippen LogP contribution in [0.4, 0.5) is 13.2 Å². The van der Waals surface area contributed by atoms with Crippen LogP contribution in [0.15, 0.2) is 218 Å². The van der Waals surface area contributed by atoms with Gasteiger partial charge in [-0.15, -0.1) is 0 Å². The lowest BCUT2D eigenvalue weighted by Gasteiger charge is -2.23. The van der Waals surface area contributed by atoms with Crippen LogP contribution in [0.3, 0.4) is 0 Å². The van der Waals surface area contributed by atoms with Crippen molar-refractivity contribution in [2.24, 2.45) is 0 Å². The first-order valence-corrected chi connectivity index (χ1v) is 31.3. The minimum absolute atomic E-state index is 0.0562. The van der Waals surface area contributed by atoms with E-state index < -0.39 is 11.7 Å². The Morgan fingerprint density at radius 2 is 0.553 bits per heavy atom. The van der Waals surface area contributed by atoms with E-state index in [0.717, 1.165) is 143 Å². The number of aromatic nitrogens is 4. The first-order valence-electron chi connectivity index (χ1n) is 31.3. The highest BCUT2D eigenvalue weighted by Crippen LogP contribution is 2.48. The normalized spacial score (nSPS) is 11.7. The number of nitrogens with zero attached hydrogens (tertiary/aromatic N) is 7. The Morgan fingerprint density at radius 3 is 0.840 bits per heavy atom. The second kappa shape index (κ2) is 22.2. The lowest BCUT2D eigenvalue weighted by atomic mass is 9.98. The second-order valence-electron chi connectivity index (χ2n) is 25.3. The van der Waals surface area contributed by atoms with Crippen molar-refractivity contribution >= 4 is 87.2 Å². The van der Waals surface area contributed by atoms with E-state index in [1.54, 1.807) is 24.3 Å². The molecule has 0 radical (unpaired) electrons. The Balaban J connectivity index is 0.000000155. The van der Waals surface area contributed by atoms with Crippen LogP contribution in [0.1, 0.15) is 66.8 Å². The van der Waals surface area contributed by atoms with E-state index in [0.29, 0.717) is 44.5 Å². The summed E-state index contributed by atoms with van der Waals surface area (Å²) in [4.78, 5) is 0. The molecule has 10 heteroatoms. The summed E-state index contributed by atoms with van der Waals surface area (Å²) in [7, 11) is 0. The van der Waals surface area contributed by atoms with E-state index in [9.17, 15) is 15.8 Å². The second-order valence-corrected chi connectivity index (χ2v) is 25.3. The molecule has 0 aliphatic rings. The smallest absolute Gasteiger partial charge is 0.307 e. The predicted molar refractivity (Wildman–Crippen MR) is 378 cm³/mol. The molecule has 4 heterocycles. The topological polar surface area (TPSA) is 91.1 Å². The van der Waals surface area contributed by atoms with Gasteiger partial charge in [-0.25, -0.2) is 0 Å². The van der Waals surface area contributed by atoms with Gasteiger partial charge in [0, 0.05) is 43.1 Å². The molecule has 0 saturated carbocycles. The molecule has 7 nitrogen and oxygen atoms in total. The van der Waals surface area contributed by atoms with Gasteiger partial charge in [-0.1, -0.05) is 121 Å². The third kappa shape index (κ3) is 9.63. The highest BCUT2D eigenvalue weighted by atomic mass is 19.4. The van der Waals surface area contributed by atoms with Crippen LogP contribution < -0.4 is 0 Å². The number of fused-ring (bicyclic) bond motifs is 12. The zero-order chi connectivity index (χ0) is 65.2. The first kappa shape index (κ1) is 58.5.